The molecule has 7 atom stereocenters. The summed E-state index contributed by atoms with van der Waals surface area (Å²) in [6.07, 6.45) is 7.44. The van der Waals surface area contributed by atoms with E-state index in [4.69, 9.17) is 0 Å². The van der Waals surface area contributed by atoms with Crippen LogP contribution in [0.5, 0.6) is 0 Å². The van der Waals surface area contributed by atoms with Crippen molar-refractivity contribution in [2.75, 3.05) is 20.2 Å². The van der Waals surface area contributed by atoms with Crippen LogP contribution in [-0.2, 0) is 0 Å². The average molecular weight is 336 g/mol. The van der Waals surface area contributed by atoms with Crippen LogP contribution in [0.3, 0.4) is 0 Å². The van der Waals surface area contributed by atoms with Crippen LogP contribution in [0.4, 0.5) is 0 Å². The second kappa shape index (κ2) is 6.74. The molecule has 0 bridgehead atoms. The first kappa shape index (κ1) is 18.4. The van der Waals surface area contributed by atoms with E-state index >= 15 is 0 Å². The third-order valence-electron chi connectivity index (χ3n) is 8.40. The summed E-state index contributed by atoms with van der Waals surface area (Å²) < 4.78 is 0. The molecule has 3 N–H and O–H groups in total. The smallest absolute Gasteiger partial charge is 0.0544 e. The Labute approximate surface area is 147 Å². The minimum Gasteiger partial charge on any atom is -0.396 e. The molecule has 0 aromatic heterocycles. The molecule has 3 nitrogen and oxygen atoms in total. The Morgan fingerprint density at radius 2 is 1.92 bits per heavy atom. The van der Waals surface area contributed by atoms with Crippen LogP contribution in [0.2, 0.25) is 0 Å². The van der Waals surface area contributed by atoms with Crippen molar-refractivity contribution in [1.82, 2.24) is 5.32 Å². The minimum absolute atomic E-state index is 0.154. The van der Waals surface area contributed by atoms with Crippen molar-refractivity contribution in [1.29, 1.82) is 0 Å². The quantitative estimate of drug-likeness (QED) is 0.691. The molecule has 0 radical (unpaired) electrons. The van der Waals surface area contributed by atoms with E-state index < -0.39 is 0 Å². The fourth-order valence-corrected chi connectivity index (χ4v) is 6.70. The average Bonchev–Trinajstić information content (AvgIpc) is 2.86. The van der Waals surface area contributed by atoms with Crippen LogP contribution in [0, 0.1) is 34.5 Å². The maximum Gasteiger partial charge on any atom is 0.0544 e. The molecule has 3 fully saturated rings. The predicted molar refractivity (Wildman–Crippen MR) is 98.7 cm³/mol. The zero-order valence-electron chi connectivity index (χ0n) is 15.9. The summed E-state index contributed by atoms with van der Waals surface area (Å²) in [5.74, 6) is 2.25. The topological polar surface area (TPSA) is 52.5 Å². The number of fused-ring (bicyclic) bond motifs is 1. The standard InChI is InChI=1S/C21H37NO2/c1-14-5-6-18-17(12-22-4)19(8-10-20(14,18)2)21(3)9-7-16(24)11-15(21)13-23/h15-19,22-24H,1,5-13H2,2-4H3/t15-,16+,17?,18?,19?,20-,21+/m1/s1. The van der Waals surface area contributed by atoms with Crippen molar-refractivity contribution in [2.45, 2.75) is 64.9 Å². The van der Waals surface area contributed by atoms with E-state index in [1.165, 1.54) is 31.3 Å². The van der Waals surface area contributed by atoms with E-state index in [1.54, 1.807) is 0 Å². The van der Waals surface area contributed by atoms with Gasteiger partial charge in [0, 0.05) is 6.61 Å². The monoisotopic (exact) mass is 335 g/mol. The van der Waals surface area contributed by atoms with Gasteiger partial charge < -0.3 is 15.5 Å². The summed E-state index contributed by atoms with van der Waals surface area (Å²) in [7, 11) is 2.07. The fourth-order valence-electron chi connectivity index (χ4n) is 6.70. The van der Waals surface area contributed by atoms with Crippen molar-refractivity contribution in [3.05, 3.63) is 12.2 Å². The van der Waals surface area contributed by atoms with Crippen LogP contribution in [-0.4, -0.2) is 36.5 Å². The molecule has 0 aromatic rings. The summed E-state index contributed by atoms with van der Waals surface area (Å²) in [6.45, 7) is 10.5. The first-order valence-corrected chi connectivity index (χ1v) is 9.98. The van der Waals surface area contributed by atoms with Gasteiger partial charge in [-0.25, -0.2) is 0 Å². The first-order valence-electron chi connectivity index (χ1n) is 9.98. The van der Waals surface area contributed by atoms with Crippen LogP contribution in [0.25, 0.3) is 0 Å². The van der Waals surface area contributed by atoms with Gasteiger partial charge in [-0.05, 0) is 93.0 Å². The molecular formula is C21H37NO2. The molecule has 3 saturated carbocycles. The van der Waals surface area contributed by atoms with Crippen LogP contribution in [0.15, 0.2) is 12.2 Å². The molecular weight excluding hydrogens is 298 g/mol. The van der Waals surface area contributed by atoms with Crippen LogP contribution in [0.1, 0.15) is 58.8 Å². The summed E-state index contributed by atoms with van der Waals surface area (Å²) in [5, 5.41) is 23.6. The molecule has 0 aromatic carbocycles. The number of nitrogens with one attached hydrogen (secondary N) is 1. The molecule has 0 spiro atoms. The predicted octanol–water partition coefficient (Wildman–Crippen LogP) is 3.36. The van der Waals surface area contributed by atoms with Crippen molar-refractivity contribution in [3.8, 4) is 0 Å². The number of allylic oxidation sites excluding steroid dienone is 1. The largest absolute Gasteiger partial charge is 0.396 e. The number of hydrogen-bond acceptors (Lipinski definition) is 3. The van der Waals surface area contributed by atoms with Gasteiger partial charge in [0.05, 0.1) is 6.10 Å². The third kappa shape index (κ3) is 2.77. The zero-order valence-corrected chi connectivity index (χ0v) is 15.9. The number of aliphatic hydroxyl groups excluding tert-OH is 2. The molecule has 3 aliphatic carbocycles. The van der Waals surface area contributed by atoms with Gasteiger partial charge >= 0.3 is 0 Å². The second-order valence-corrected chi connectivity index (χ2v) is 9.35. The normalized spacial score (nSPS) is 49.2. The van der Waals surface area contributed by atoms with Gasteiger partial charge in [0.25, 0.3) is 0 Å². The number of aliphatic hydroxyl groups is 2. The summed E-state index contributed by atoms with van der Waals surface area (Å²) in [6, 6.07) is 0. The lowest BCUT2D eigenvalue weighted by atomic mass is 9.49. The minimum atomic E-state index is -0.224. The molecule has 24 heavy (non-hydrogen) atoms. The summed E-state index contributed by atoms with van der Waals surface area (Å²) >= 11 is 0. The highest BCUT2D eigenvalue weighted by Gasteiger charge is 2.56. The molecule has 3 rings (SSSR count). The number of rotatable bonds is 4. The first-order chi connectivity index (χ1) is 11.4. The second-order valence-electron chi connectivity index (χ2n) is 9.35. The highest BCUT2D eigenvalue weighted by Crippen LogP contribution is 2.63. The van der Waals surface area contributed by atoms with E-state index in [2.05, 4.69) is 32.8 Å². The van der Waals surface area contributed by atoms with Crippen molar-refractivity contribution in [3.63, 3.8) is 0 Å². The Kier molecular flexibility index (Phi) is 5.17. The summed E-state index contributed by atoms with van der Waals surface area (Å²) in [5.41, 5.74) is 1.94. The van der Waals surface area contributed by atoms with E-state index in [9.17, 15) is 10.2 Å². The molecule has 3 unspecified atom stereocenters. The van der Waals surface area contributed by atoms with E-state index in [0.29, 0.717) is 17.3 Å². The van der Waals surface area contributed by atoms with Gasteiger partial charge in [-0.3, -0.25) is 0 Å². The molecule has 3 aliphatic rings. The van der Waals surface area contributed by atoms with Gasteiger partial charge in [-0.15, -0.1) is 0 Å². The maximum atomic E-state index is 10.1. The van der Waals surface area contributed by atoms with Crippen molar-refractivity contribution >= 4 is 0 Å². The van der Waals surface area contributed by atoms with Gasteiger partial charge in [0.15, 0.2) is 0 Å². The van der Waals surface area contributed by atoms with Gasteiger partial charge in [-0.2, -0.15) is 0 Å². The SMILES string of the molecule is C=C1CCC2C(CNC)C([C@@]3(C)CC[C@H](O)C[C@@H]3CO)CC[C@]12C. The van der Waals surface area contributed by atoms with Crippen molar-refractivity contribution < 1.29 is 10.2 Å². The van der Waals surface area contributed by atoms with Crippen LogP contribution >= 0.6 is 0 Å². The van der Waals surface area contributed by atoms with Gasteiger partial charge in [-0.1, -0.05) is 26.0 Å². The van der Waals surface area contributed by atoms with Gasteiger partial charge in [0.1, 0.15) is 0 Å². The molecule has 0 aliphatic heterocycles. The Hall–Kier alpha value is -0.380. The zero-order chi connectivity index (χ0) is 17.5. The fraction of sp³-hybridized carbons (Fsp3) is 0.905. The highest BCUT2D eigenvalue weighted by molar-refractivity contribution is 5.21. The molecule has 0 saturated heterocycles. The molecule has 0 heterocycles. The Bertz CT molecular complexity index is 478. The third-order valence-corrected chi connectivity index (χ3v) is 8.40. The molecule has 138 valence electrons. The maximum absolute atomic E-state index is 10.1. The lowest BCUT2D eigenvalue weighted by molar-refractivity contribution is -0.0929. The lowest BCUT2D eigenvalue weighted by Crippen LogP contribution is -2.53. The van der Waals surface area contributed by atoms with E-state index in [0.717, 1.165) is 31.7 Å². The Balaban J connectivity index is 1.90. The summed E-state index contributed by atoms with van der Waals surface area (Å²) in [4.78, 5) is 0. The van der Waals surface area contributed by atoms with E-state index in [-0.39, 0.29) is 24.0 Å². The Morgan fingerprint density at radius 1 is 1.17 bits per heavy atom. The van der Waals surface area contributed by atoms with Crippen LogP contribution < -0.4 is 5.32 Å². The van der Waals surface area contributed by atoms with Gasteiger partial charge in [0.2, 0.25) is 0 Å². The Morgan fingerprint density at radius 3 is 2.58 bits per heavy atom. The van der Waals surface area contributed by atoms with Crippen molar-refractivity contribution in [2.24, 2.45) is 34.5 Å². The molecule has 0 amide bonds. The molecule has 3 heteroatoms. The van der Waals surface area contributed by atoms with E-state index in [1.807, 2.05) is 0 Å². The highest BCUT2D eigenvalue weighted by atomic mass is 16.3. The number of hydrogen-bond donors (Lipinski definition) is 3. The lowest BCUT2D eigenvalue weighted by Gasteiger charge is -2.56.